The number of hydrogen-bond acceptors (Lipinski definition) is 6. The lowest BCUT2D eigenvalue weighted by Crippen LogP contribution is -2.42. The van der Waals surface area contributed by atoms with Crippen LogP contribution in [0.5, 0.6) is 17.2 Å². The van der Waals surface area contributed by atoms with E-state index in [1.54, 1.807) is 0 Å². The second-order valence-electron chi connectivity index (χ2n) is 7.63. The first kappa shape index (κ1) is 28.4. The van der Waals surface area contributed by atoms with E-state index < -0.39 is 52.8 Å². The smallest absolute Gasteiger partial charge is 0.450 e. The lowest BCUT2D eigenvalue weighted by Gasteiger charge is -2.28. The van der Waals surface area contributed by atoms with Crippen molar-refractivity contribution in [1.82, 2.24) is 0 Å². The number of benzene rings is 3. The van der Waals surface area contributed by atoms with Crippen LogP contribution in [-0.4, -0.2) is 35.0 Å². The minimum atomic E-state index is -5.95. The highest BCUT2D eigenvalue weighted by Crippen LogP contribution is 2.44. The topological polar surface area (TPSA) is 85.1 Å². The van der Waals surface area contributed by atoms with Crippen molar-refractivity contribution < 1.29 is 54.7 Å². The third kappa shape index (κ3) is 6.59. The Morgan fingerprint density at radius 1 is 0.868 bits per heavy atom. The Labute approximate surface area is 208 Å². The van der Waals surface area contributed by atoms with Gasteiger partial charge in [-0.15, -0.1) is 0 Å². The number of aliphatic hydroxyl groups excluding tert-OH is 1. The Morgan fingerprint density at radius 3 is 2.13 bits per heavy atom. The molecule has 0 spiro atoms. The molecule has 0 bridgehead atoms. The average molecular weight is 552 g/mol. The van der Waals surface area contributed by atoms with E-state index in [0.717, 1.165) is 30.3 Å². The predicted octanol–water partition coefficient (Wildman–Crippen LogP) is 6.76. The second-order valence-corrected chi connectivity index (χ2v) is 7.63. The number of para-hydroxylation sites is 2. The molecule has 0 saturated heterocycles. The SMILES string of the molecule is O=[N+]([O-])c1ccccc1Oc1cccc(N(C[C@H](O)C(F)(F)F)Oc2cccc(C(F)(F)C(F)(F)F)c2)c1. The zero-order valence-electron chi connectivity index (χ0n) is 18.7. The van der Waals surface area contributed by atoms with Gasteiger partial charge >= 0.3 is 24.0 Å². The summed E-state index contributed by atoms with van der Waals surface area (Å²) in [6.07, 6.45) is -14.1. The van der Waals surface area contributed by atoms with Crippen LogP contribution in [-0.2, 0) is 5.92 Å². The molecule has 0 radical (unpaired) electrons. The van der Waals surface area contributed by atoms with Crippen LogP contribution in [0, 0.1) is 10.1 Å². The zero-order chi connectivity index (χ0) is 28.3. The Balaban J connectivity index is 1.97. The third-order valence-electron chi connectivity index (χ3n) is 4.88. The first-order chi connectivity index (χ1) is 17.6. The molecular weight excluding hydrogens is 536 g/mol. The molecule has 1 N–H and O–H groups in total. The number of anilines is 1. The first-order valence-corrected chi connectivity index (χ1v) is 10.4. The van der Waals surface area contributed by atoms with E-state index in [1.807, 2.05) is 0 Å². The molecule has 0 aliphatic heterocycles. The number of hydrogen-bond donors (Lipinski definition) is 1. The normalized spacial score (nSPS) is 13.1. The van der Waals surface area contributed by atoms with Gasteiger partial charge in [0.1, 0.15) is 5.75 Å². The number of aliphatic hydroxyl groups is 1. The van der Waals surface area contributed by atoms with Gasteiger partial charge in [0, 0.05) is 17.7 Å². The zero-order valence-corrected chi connectivity index (χ0v) is 18.7. The van der Waals surface area contributed by atoms with E-state index in [0.29, 0.717) is 11.1 Å². The monoisotopic (exact) mass is 552 g/mol. The molecule has 204 valence electrons. The van der Waals surface area contributed by atoms with Crippen molar-refractivity contribution >= 4 is 11.4 Å². The van der Waals surface area contributed by atoms with Crippen LogP contribution in [0.4, 0.5) is 46.5 Å². The van der Waals surface area contributed by atoms with Gasteiger partial charge in [0.2, 0.25) is 5.75 Å². The van der Waals surface area contributed by atoms with E-state index in [1.165, 1.54) is 30.3 Å². The summed E-state index contributed by atoms with van der Waals surface area (Å²) < 4.78 is 110. The Morgan fingerprint density at radius 2 is 1.50 bits per heavy atom. The molecule has 15 heteroatoms. The van der Waals surface area contributed by atoms with Crippen LogP contribution in [0.1, 0.15) is 5.56 Å². The highest BCUT2D eigenvalue weighted by Gasteiger charge is 2.58. The fourth-order valence-electron chi connectivity index (χ4n) is 3.02. The van der Waals surface area contributed by atoms with Gasteiger partial charge in [-0.3, -0.25) is 10.1 Å². The molecule has 3 rings (SSSR count). The summed E-state index contributed by atoms with van der Waals surface area (Å²) in [5.74, 6) is -6.35. The van der Waals surface area contributed by atoms with E-state index in [2.05, 4.69) is 0 Å². The quantitative estimate of drug-likeness (QED) is 0.179. The molecule has 38 heavy (non-hydrogen) atoms. The number of nitro benzene ring substituents is 1. The van der Waals surface area contributed by atoms with Gasteiger partial charge in [0.05, 0.1) is 17.2 Å². The molecule has 3 aromatic rings. The fourth-order valence-corrected chi connectivity index (χ4v) is 3.02. The maximum atomic E-state index is 13.8. The maximum Gasteiger partial charge on any atom is 0.458 e. The van der Waals surface area contributed by atoms with Crippen LogP contribution in [0.3, 0.4) is 0 Å². The Hall–Kier alpha value is -4.14. The van der Waals surface area contributed by atoms with Crippen molar-refractivity contribution in [3.8, 4) is 17.2 Å². The summed E-state index contributed by atoms with van der Waals surface area (Å²) >= 11 is 0. The Bertz CT molecular complexity index is 1280. The minimum Gasteiger partial charge on any atom is -0.450 e. The van der Waals surface area contributed by atoms with Gasteiger partial charge in [-0.2, -0.15) is 35.1 Å². The molecule has 0 amide bonds. The van der Waals surface area contributed by atoms with Crippen LogP contribution in [0.15, 0.2) is 72.8 Å². The molecule has 0 aromatic heterocycles. The first-order valence-electron chi connectivity index (χ1n) is 10.4. The largest absolute Gasteiger partial charge is 0.458 e. The standard InChI is InChI=1S/C23H16F8N2O5/c24-21(25,23(29,30)31)14-5-3-8-17(11-14)38-32(13-20(34)22(26,27)28)15-6-4-7-16(12-15)37-19-10-2-1-9-18(19)33(35)36/h1-12,20,34H,13H2/t20-/m0/s1. The van der Waals surface area contributed by atoms with Gasteiger partial charge in [0.15, 0.2) is 11.9 Å². The molecule has 0 aliphatic rings. The minimum absolute atomic E-state index is 0.135. The van der Waals surface area contributed by atoms with Crippen LogP contribution >= 0.6 is 0 Å². The molecule has 3 aromatic carbocycles. The molecule has 0 fully saturated rings. The van der Waals surface area contributed by atoms with Crippen molar-refractivity contribution in [2.24, 2.45) is 0 Å². The summed E-state index contributed by atoms with van der Waals surface area (Å²) in [5.41, 5.74) is -2.23. The van der Waals surface area contributed by atoms with E-state index in [4.69, 9.17) is 9.57 Å². The highest BCUT2D eigenvalue weighted by molar-refractivity contribution is 5.53. The van der Waals surface area contributed by atoms with Crippen molar-refractivity contribution in [2.45, 2.75) is 24.4 Å². The van der Waals surface area contributed by atoms with Crippen LogP contribution in [0.2, 0.25) is 0 Å². The van der Waals surface area contributed by atoms with Crippen molar-refractivity contribution in [2.75, 3.05) is 11.6 Å². The number of alkyl halides is 8. The summed E-state index contributed by atoms with van der Waals surface area (Å²) in [4.78, 5) is 15.7. The van der Waals surface area contributed by atoms with Crippen molar-refractivity contribution in [1.29, 1.82) is 0 Å². The van der Waals surface area contributed by atoms with Gasteiger partial charge < -0.3 is 14.7 Å². The number of hydroxylamine groups is 1. The summed E-state index contributed by atoms with van der Waals surface area (Å²) in [6.45, 7) is -1.33. The van der Waals surface area contributed by atoms with Gasteiger partial charge in [-0.1, -0.05) is 30.3 Å². The lowest BCUT2D eigenvalue weighted by atomic mass is 10.1. The fraction of sp³-hybridized carbons (Fsp3) is 0.217. The Kier molecular flexibility index (Phi) is 8.00. The summed E-state index contributed by atoms with van der Waals surface area (Å²) in [7, 11) is 0. The highest BCUT2D eigenvalue weighted by atomic mass is 19.4. The predicted molar refractivity (Wildman–Crippen MR) is 116 cm³/mol. The van der Waals surface area contributed by atoms with Crippen molar-refractivity contribution in [3.05, 3.63) is 88.5 Å². The molecule has 0 heterocycles. The van der Waals surface area contributed by atoms with Crippen LogP contribution in [0.25, 0.3) is 0 Å². The van der Waals surface area contributed by atoms with E-state index in [9.17, 15) is 50.3 Å². The maximum absolute atomic E-state index is 13.8. The number of nitrogens with zero attached hydrogens (tertiary/aromatic N) is 2. The van der Waals surface area contributed by atoms with E-state index >= 15 is 0 Å². The third-order valence-corrected chi connectivity index (χ3v) is 4.88. The molecule has 0 unspecified atom stereocenters. The van der Waals surface area contributed by atoms with Gasteiger partial charge in [-0.05, 0) is 30.3 Å². The van der Waals surface area contributed by atoms with E-state index in [-0.39, 0.29) is 23.3 Å². The number of halogens is 8. The van der Waals surface area contributed by atoms with Crippen molar-refractivity contribution in [3.63, 3.8) is 0 Å². The second kappa shape index (κ2) is 10.7. The van der Waals surface area contributed by atoms with Gasteiger partial charge in [0.25, 0.3) is 0 Å². The summed E-state index contributed by atoms with van der Waals surface area (Å²) in [5, 5.41) is 21.2. The number of ether oxygens (including phenoxy) is 1. The number of nitro groups is 1. The molecule has 7 nitrogen and oxygen atoms in total. The molecule has 1 atom stereocenters. The van der Waals surface area contributed by atoms with Gasteiger partial charge in [-0.25, -0.2) is 5.06 Å². The molecular formula is C23H16F8N2O5. The number of rotatable bonds is 9. The lowest BCUT2D eigenvalue weighted by molar-refractivity contribution is -0.385. The molecule has 0 aliphatic carbocycles. The average Bonchev–Trinajstić information content (AvgIpc) is 2.83. The van der Waals surface area contributed by atoms with Crippen LogP contribution < -0.4 is 14.6 Å². The molecule has 0 saturated carbocycles. The summed E-state index contributed by atoms with van der Waals surface area (Å²) in [6, 6.07) is 12.3.